The lowest BCUT2D eigenvalue weighted by molar-refractivity contribution is 0.190. The first-order chi connectivity index (χ1) is 12.7. The van der Waals surface area contributed by atoms with Crippen LogP contribution in [0.5, 0.6) is 5.75 Å². The van der Waals surface area contributed by atoms with Crippen LogP contribution >= 0.6 is 12.4 Å². The number of ether oxygens (including phenoxy) is 1. The number of hydrogen-bond donors (Lipinski definition) is 1. The summed E-state index contributed by atoms with van der Waals surface area (Å²) in [7, 11) is 3.70. The highest BCUT2D eigenvalue weighted by molar-refractivity contribution is 5.85. The number of nitrogens with zero attached hydrogens (tertiary/aromatic N) is 6. The number of hydrogen-bond acceptors (Lipinski definition) is 8. The van der Waals surface area contributed by atoms with Gasteiger partial charge >= 0.3 is 0 Å². The molecule has 3 aromatic rings. The third-order valence-corrected chi connectivity index (χ3v) is 4.66. The van der Waals surface area contributed by atoms with Gasteiger partial charge in [0.05, 0.1) is 24.5 Å². The van der Waals surface area contributed by atoms with Crippen molar-refractivity contribution in [3.8, 4) is 23.0 Å². The van der Waals surface area contributed by atoms with Crippen molar-refractivity contribution in [1.82, 2.24) is 35.4 Å². The molecule has 0 amide bonds. The number of nitrogens with one attached hydrogen (secondary N) is 1. The molecule has 1 aliphatic heterocycles. The Labute approximate surface area is 163 Å². The molecule has 9 nitrogen and oxygen atoms in total. The summed E-state index contributed by atoms with van der Waals surface area (Å²) < 4.78 is 12.4. The molecule has 144 valence electrons. The van der Waals surface area contributed by atoms with Gasteiger partial charge < -0.3 is 14.6 Å². The van der Waals surface area contributed by atoms with E-state index in [0.717, 1.165) is 36.8 Å². The highest BCUT2D eigenvalue weighted by Gasteiger charge is 2.27. The van der Waals surface area contributed by atoms with E-state index in [0.29, 0.717) is 17.4 Å². The Morgan fingerprint density at radius 1 is 1.26 bits per heavy atom. The summed E-state index contributed by atoms with van der Waals surface area (Å²) in [6, 6.07) is 7.70. The van der Waals surface area contributed by atoms with Gasteiger partial charge in [0.25, 0.3) is 5.89 Å². The van der Waals surface area contributed by atoms with Crippen molar-refractivity contribution in [1.29, 1.82) is 0 Å². The summed E-state index contributed by atoms with van der Waals surface area (Å²) in [5.41, 5.74) is 2.31. The number of aromatic nitrogens is 5. The highest BCUT2D eigenvalue weighted by Crippen LogP contribution is 2.25. The summed E-state index contributed by atoms with van der Waals surface area (Å²) in [5.74, 6) is 1.84. The third-order valence-electron chi connectivity index (χ3n) is 4.66. The average Bonchev–Trinajstić information content (AvgIpc) is 3.29. The molecule has 10 heteroatoms. The minimum Gasteiger partial charge on any atom is -0.497 e. The Kier molecular flexibility index (Phi) is 5.73. The van der Waals surface area contributed by atoms with Crippen molar-refractivity contribution in [3.05, 3.63) is 35.8 Å². The fourth-order valence-corrected chi connectivity index (χ4v) is 3.06. The molecular weight excluding hydrogens is 370 g/mol. The molecule has 0 bridgehead atoms. The van der Waals surface area contributed by atoms with E-state index in [9.17, 15) is 0 Å². The van der Waals surface area contributed by atoms with Crippen LogP contribution in [-0.2, 0) is 0 Å². The lowest BCUT2D eigenvalue weighted by atomic mass is 10.2. The molecule has 0 aliphatic carbocycles. The van der Waals surface area contributed by atoms with Gasteiger partial charge in [0.15, 0.2) is 11.5 Å². The van der Waals surface area contributed by atoms with Gasteiger partial charge in [-0.05, 0) is 38.2 Å². The van der Waals surface area contributed by atoms with E-state index < -0.39 is 0 Å². The summed E-state index contributed by atoms with van der Waals surface area (Å²) in [5, 5.41) is 16.0. The van der Waals surface area contributed by atoms with Crippen LogP contribution < -0.4 is 10.1 Å². The van der Waals surface area contributed by atoms with Crippen LogP contribution in [0.25, 0.3) is 17.3 Å². The first-order valence-corrected chi connectivity index (χ1v) is 8.49. The fraction of sp³-hybridized carbons (Fsp3) is 0.412. The first-order valence-electron chi connectivity index (χ1n) is 8.49. The van der Waals surface area contributed by atoms with E-state index in [-0.39, 0.29) is 18.4 Å². The lowest BCUT2D eigenvalue weighted by Crippen LogP contribution is -2.44. The van der Waals surface area contributed by atoms with Gasteiger partial charge in [-0.15, -0.1) is 17.5 Å². The van der Waals surface area contributed by atoms with Crippen LogP contribution in [0, 0.1) is 6.92 Å². The molecule has 4 rings (SSSR count). The van der Waals surface area contributed by atoms with Gasteiger partial charge in [0, 0.05) is 19.6 Å². The molecule has 1 saturated heterocycles. The van der Waals surface area contributed by atoms with E-state index in [2.05, 4.69) is 37.7 Å². The first kappa shape index (κ1) is 19.3. The topological polar surface area (TPSA) is 94.1 Å². The molecule has 3 heterocycles. The summed E-state index contributed by atoms with van der Waals surface area (Å²) in [4.78, 5) is 6.77. The minimum absolute atomic E-state index is 0. The molecule has 1 N–H and O–H groups in total. The summed E-state index contributed by atoms with van der Waals surface area (Å²) in [6.07, 6.45) is 0. The number of likely N-dealkylation sites (N-methyl/N-ethyl adjacent to an activating group) is 1. The van der Waals surface area contributed by atoms with Gasteiger partial charge in [-0.2, -0.15) is 4.98 Å². The van der Waals surface area contributed by atoms with Crippen LogP contribution in [0.3, 0.4) is 0 Å². The zero-order chi connectivity index (χ0) is 18.1. The second-order valence-electron chi connectivity index (χ2n) is 6.29. The normalized spacial score (nSPS) is 17.5. The van der Waals surface area contributed by atoms with Gasteiger partial charge in [0.2, 0.25) is 0 Å². The maximum absolute atomic E-state index is 5.47. The molecular formula is C17H22ClN7O2. The lowest BCUT2D eigenvalue weighted by Gasteiger charge is -2.30. The largest absolute Gasteiger partial charge is 0.497 e. The molecule has 1 aliphatic rings. The average molecular weight is 392 g/mol. The second kappa shape index (κ2) is 8.03. The Morgan fingerprint density at radius 3 is 2.74 bits per heavy atom. The zero-order valence-electron chi connectivity index (χ0n) is 15.4. The number of piperazine rings is 1. The minimum atomic E-state index is 0. The van der Waals surface area contributed by atoms with E-state index >= 15 is 0 Å². The third kappa shape index (κ3) is 3.66. The molecule has 2 aromatic heterocycles. The Balaban J connectivity index is 0.00000210. The van der Waals surface area contributed by atoms with Crippen LogP contribution in [-0.4, -0.2) is 63.8 Å². The molecule has 1 atom stereocenters. The molecule has 0 radical (unpaired) electrons. The van der Waals surface area contributed by atoms with Crippen molar-refractivity contribution in [2.24, 2.45) is 0 Å². The number of benzene rings is 1. The smallest absolute Gasteiger partial charge is 0.280 e. The predicted molar refractivity (Wildman–Crippen MR) is 101 cm³/mol. The molecule has 0 spiro atoms. The molecule has 1 fully saturated rings. The number of rotatable bonds is 4. The molecule has 1 unspecified atom stereocenters. The molecule has 27 heavy (non-hydrogen) atoms. The SMILES string of the molecule is COc1ccc(-n2nnc(-c3nc(C4CNCCN4C)no3)c2C)cc1.Cl. The Morgan fingerprint density at radius 2 is 2.04 bits per heavy atom. The standard InChI is InChI=1S/C17H21N7O2.ClH/c1-11-15(20-22-24(11)12-4-6-13(25-3)7-5-12)17-19-16(21-26-17)14-10-18-8-9-23(14)2;/h4-7,14,18H,8-10H2,1-3H3;1H. The fourth-order valence-electron chi connectivity index (χ4n) is 3.06. The highest BCUT2D eigenvalue weighted by atomic mass is 35.5. The second-order valence-corrected chi connectivity index (χ2v) is 6.29. The van der Waals surface area contributed by atoms with E-state index in [1.807, 2.05) is 31.2 Å². The van der Waals surface area contributed by atoms with Crippen LogP contribution in [0.15, 0.2) is 28.8 Å². The van der Waals surface area contributed by atoms with Crippen LogP contribution in [0.1, 0.15) is 17.6 Å². The van der Waals surface area contributed by atoms with Crippen LogP contribution in [0.4, 0.5) is 0 Å². The summed E-state index contributed by atoms with van der Waals surface area (Å²) >= 11 is 0. The van der Waals surface area contributed by atoms with Crippen molar-refractivity contribution < 1.29 is 9.26 Å². The quantitative estimate of drug-likeness (QED) is 0.717. The van der Waals surface area contributed by atoms with Crippen molar-refractivity contribution in [2.45, 2.75) is 13.0 Å². The van der Waals surface area contributed by atoms with Gasteiger partial charge in [-0.25, -0.2) is 4.68 Å². The van der Waals surface area contributed by atoms with Crippen molar-refractivity contribution in [2.75, 3.05) is 33.8 Å². The van der Waals surface area contributed by atoms with Gasteiger partial charge in [0.1, 0.15) is 5.75 Å². The van der Waals surface area contributed by atoms with Crippen molar-refractivity contribution >= 4 is 12.4 Å². The monoisotopic (exact) mass is 391 g/mol. The molecule has 0 saturated carbocycles. The van der Waals surface area contributed by atoms with E-state index in [1.165, 1.54) is 0 Å². The zero-order valence-corrected chi connectivity index (χ0v) is 16.2. The van der Waals surface area contributed by atoms with E-state index in [1.54, 1.807) is 11.8 Å². The van der Waals surface area contributed by atoms with Gasteiger partial charge in [-0.3, -0.25) is 4.90 Å². The maximum Gasteiger partial charge on any atom is 0.280 e. The van der Waals surface area contributed by atoms with Gasteiger partial charge in [-0.1, -0.05) is 10.4 Å². The Hall–Kier alpha value is -2.49. The molecule has 1 aromatic carbocycles. The van der Waals surface area contributed by atoms with Crippen molar-refractivity contribution in [3.63, 3.8) is 0 Å². The summed E-state index contributed by atoms with van der Waals surface area (Å²) in [6.45, 7) is 4.64. The Bertz CT molecular complexity index is 893. The number of methoxy groups -OCH3 is 1. The maximum atomic E-state index is 5.47. The van der Waals surface area contributed by atoms with E-state index in [4.69, 9.17) is 9.26 Å². The number of halogens is 1. The van der Waals surface area contributed by atoms with Crippen LogP contribution in [0.2, 0.25) is 0 Å². The predicted octanol–water partition coefficient (Wildman–Crippen LogP) is 1.63.